The Kier molecular flexibility index (Phi) is 5.58. The van der Waals surface area contributed by atoms with Crippen molar-refractivity contribution in [2.45, 2.75) is 25.1 Å². The van der Waals surface area contributed by atoms with Crippen molar-refractivity contribution in [2.24, 2.45) is 5.73 Å². The van der Waals surface area contributed by atoms with E-state index in [1.165, 1.54) is 26.2 Å². The van der Waals surface area contributed by atoms with Gasteiger partial charge in [-0.2, -0.15) is 22.0 Å². The summed E-state index contributed by atoms with van der Waals surface area (Å²) >= 11 is 0. The predicted molar refractivity (Wildman–Crippen MR) is 62.9 cm³/mol. The molecule has 0 saturated carbocycles. The molecule has 0 aliphatic carbocycles. The lowest BCUT2D eigenvalue weighted by molar-refractivity contribution is -0.291. The van der Waals surface area contributed by atoms with Crippen molar-refractivity contribution in [1.29, 1.82) is 0 Å². The van der Waals surface area contributed by atoms with E-state index in [-0.39, 0.29) is 23.5 Å². The van der Waals surface area contributed by atoms with Crippen LogP contribution in [0.2, 0.25) is 0 Å². The van der Waals surface area contributed by atoms with Gasteiger partial charge in [-0.3, -0.25) is 0 Å². The number of hydrogen-bond acceptors (Lipinski definition) is 2. The first-order valence-electron chi connectivity index (χ1n) is 4.96. The summed E-state index contributed by atoms with van der Waals surface area (Å²) in [7, 11) is 1.36. The number of rotatable bonds is 3. The number of hydrogen-bond donors (Lipinski definition) is 1. The third kappa shape index (κ3) is 3.48. The van der Waals surface area contributed by atoms with Crippen molar-refractivity contribution in [3.05, 3.63) is 29.3 Å². The molecule has 0 amide bonds. The van der Waals surface area contributed by atoms with Gasteiger partial charge in [-0.1, -0.05) is 6.07 Å². The smallest absolute Gasteiger partial charge is 0.455 e. The van der Waals surface area contributed by atoms with E-state index in [1.54, 1.807) is 0 Å². The molecule has 1 aromatic rings. The number of alkyl halides is 5. The lowest BCUT2D eigenvalue weighted by Crippen LogP contribution is -2.46. The van der Waals surface area contributed by atoms with E-state index in [2.05, 4.69) is 0 Å². The Morgan fingerprint density at radius 3 is 2.05 bits per heavy atom. The third-order valence-corrected chi connectivity index (χ3v) is 2.58. The van der Waals surface area contributed by atoms with Crippen LogP contribution in [0, 0.1) is 6.92 Å². The number of benzene rings is 1. The number of nitrogens with two attached hydrogens (primary N) is 1. The second-order valence-electron chi connectivity index (χ2n) is 3.82. The quantitative estimate of drug-likeness (QED) is 0.866. The SMILES string of the molecule is COc1ccc([C@H](N)C(F)(F)C(F)(F)F)c(C)c1.Cl. The molecule has 0 saturated heterocycles. The molecule has 2 N–H and O–H groups in total. The van der Waals surface area contributed by atoms with Crippen molar-refractivity contribution in [3.8, 4) is 5.75 Å². The first-order chi connectivity index (χ1) is 8.11. The van der Waals surface area contributed by atoms with Gasteiger partial charge >= 0.3 is 12.1 Å². The monoisotopic (exact) mass is 305 g/mol. The molecule has 19 heavy (non-hydrogen) atoms. The van der Waals surface area contributed by atoms with Gasteiger partial charge in [0.25, 0.3) is 0 Å². The number of ether oxygens (including phenoxy) is 1. The number of aryl methyl sites for hydroxylation is 1. The van der Waals surface area contributed by atoms with Crippen LogP contribution in [-0.4, -0.2) is 19.2 Å². The average Bonchev–Trinajstić information content (AvgIpc) is 2.26. The first-order valence-corrected chi connectivity index (χ1v) is 4.96. The topological polar surface area (TPSA) is 35.2 Å². The highest BCUT2D eigenvalue weighted by molar-refractivity contribution is 5.85. The van der Waals surface area contributed by atoms with Gasteiger partial charge in [-0.15, -0.1) is 12.4 Å². The van der Waals surface area contributed by atoms with Crippen LogP contribution in [-0.2, 0) is 0 Å². The summed E-state index contributed by atoms with van der Waals surface area (Å²) in [5, 5.41) is 0. The van der Waals surface area contributed by atoms with Crippen molar-refractivity contribution in [1.82, 2.24) is 0 Å². The molecule has 0 aliphatic heterocycles. The largest absolute Gasteiger partial charge is 0.497 e. The van der Waals surface area contributed by atoms with Crippen LogP contribution < -0.4 is 10.5 Å². The van der Waals surface area contributed by atoms with Gasteiger partial charge < -0.3 is 10.5 Å². The highest BCUT2D eigenvalue weighted by Gasteiger charge is 2.61. The van der Waals surface area contributed by atoms with E-state index in [1.807, 2.05) is 0 Å². The van der Waals surface area contributed by atoms with Crippen LogP contribution in [0.4, 0.5) is 22.0 Å². The fourth-order valence-corrected chi connectivity index (χ4v) is 1.50. The molecular weight excluding hydrogens is 293 g/mol. The highest BCUT2D eigenvalue weighted by atomic mass is 35.5. The summed E-state index contributed by atoms with van der Waals surface area (Å²) in [5.74, 6) is -4.62. The van der Waals surface area contributed by atoms with Crippen LogP contribution in [0.5, 0.6) is 5.75 Å². The van der Waals surface area contributed by atoms with Crippen LogP contribution in [0.3, 0.4) is 0 Å². The van der Waals surface area contributed by atoms with E-state index < -0.39 is 18.1 Å². The van der Waals surface area contributed by atoms with E-state index in [0.717, 1.165) is 6.07 Å². The maximum Gasteiger partial charge on any atom is 0.455 e. The molecule has 0 aromatic heterocycles. The Bertz CT molecular complexity index is 436. The molecule has 1 rings (SSSR count). The maximum atomic E-state index is 13.1. The minimum atomic E-state index is -5.68. The van der Waals surface area contributed by atoms with E-state index in [4.69, 9.17) is 10.5 Å². The summed E-state index contributed by atoms with van der Waals surface area (Å²) in [6.45, 7) is 1.39. The molecule has 1 atom stereocenters. The molecule has 0 heterocycles. The lowest BCUT2D eigenvalue weighted by atomic mass is 9.96. The summed E-state index contributed by atoms with van der Waals surface area (Å²) in [4.78, 5) is 0. The summed E-state index contributed by atoms with van der Waals surface area (Å²) in [5.41, 5.74) is 4.99. The molecule has 0 bridgehead atoms. The Labute approximate surface area is 113 Å². The van der Waals surface area contributed by atoms with Gasteiger partial charge in [0.1, 0.15) is 11.8 Å². The van der Waals surface area contributed by atoms with Crippen LogP contribution in [0.1, 0.15) is 17.2 Å². The summed E-state index contributed by atoms with van der Waals surface area (Å²) in [6, 6.07) is 1.30. The van der Waals surface area contributed by atoms with Crippen LogP contribution in [0.25, 0.3) is 0 Å². The number of methoxy groups -OCH3 is 1. The minimum Gasteiger partial charge on any atom is -0.497 e. The third-order valence-electron chi connectivity index (χ3n) is 2.58. The van der Waals surface area contributed by atoms with Crippen LogP contribution >= 0.6 is 12.4 Å². The Morgan fingerprint density at radius 1 is 1.16 bits per heavy atom. The molecule has 0 radical (unpaired) electrons. The zero-order valence-electron chi connectivity index (χ0n) is 10.1. The molecule has 0 unspecified atom stereocenters. The van der Waals surface area contributed by atoms with Gasteiger partial charge in [-0.05, 0) is 30.2 Å². The van der Waals surface area contributed by atoms with E-state index >= 15 is 0 Å². The zero-order valence-corrected chi connectivity index (χ0v) is 10.9. The fourth-order valence-electron chi connectivity index (χ4n) is 1.50. The average molecular weight is 306 g/mol. The fraction of sp³-hybridized carbons (Fsp3) is 0.455. The predicted octanol–water partition coefficient (Wildman–Crippen LogP) is 3.62. The Balaban J connectivity index is 0.00000324. The van der Waals surface area contributed by atoms with E-state index in [0.29, 0.717) is 5.75 Å². The lowest BCUT2D eigenvalue weighted by Gasteiger charge is -2.27. The Hall–Kier alpha value is -1.08. The second kappa shape index (κ2) is 5.92. The molecule has 110 valence electrons. The van der Waals surface area contributed by atoms with E-state index in [9.17, 15) is 22.0 Å². The molecule has 0 fully saturated rings. The zero-order chi connectivity index (χ0) is 14.1. The molecule has 1 aromatic carbocycles. The standard InChI is InChI=1S/C11H12F5NO.ClH/c1-6-5-7(18-2)3-4-8(6)9(17)10(12,13)11(14,15)16;/h3-5,9H,17H2,1-2H3;1H/t9-;/m0./s1. The van der Waals surface area contributed by atoms with Gasteiger partial charge in [0.05, 0.1) is 7.11 Å². The van der Waals surface area contributed by atoms with Gasteiger partial charge in [0.2, 0.25) is 0 Å². The summed E-state index contributed by atoms with van der Waals surface area (Å²) < 4.78 is 67.6. The Morgan fingerprint density at radius 2 is 1.68 bits per heavy atom. The van der Waals surface area contributed by atoms with Crippen molar-refractivity contribution < 1.29 is 26.7 Å². The highest BCUT2D eigenvalue weighted by Crippen LogP contribution is 2.44. The van der Waals surface area contributed by atoms with Crippen molar-refractivity contribution in [2.75, 3.05) is 7.11 Å². The molecule has 0 spiro atoms. The molecule has 8 heteroatoms. The maximum absolute atomic E-state index is 13.1. The van der Waals surface area contributed by atoms with Crippen molar-refractivity contribution >= 4 is 12.4 Å². The molecular formula is C11H13ClF5NO. The molecule has 0 aliphatic rings. The first kappa shape index (κ1) is 17.9. The summed E-state index contributed by atoms with van der Waals surface area (Å²) in [6.07, 6.45) is -5.68. The second-order valence-corrected chi connectivity index (χ2v) is 3.82. The van der Waals surface area contributed by atoms with Gasteiger partial charge in [-0.25, -0.2) is 0 Å². The number of halogens is 6. The minimum absolute atomic E-state index is 0. The van der Waals surface area contributed by atoms with Gasteiger partial charge in [0.15, 0.2) is 0 Å². The molecule has 2 nitrogen and oxygen atoms in total. The van der Waals surface area contributed by atoms with Gasteiger partial charge in [0, 0.05) is 0 Å². The normalized spacial score (nSPS) is 13.7. The van der Waals surface area contributed by atoms with Crippen LogP contribution in [0.15, 0.2) is 18.2 Å². The van der Waals surface area contributed by atoms with Crippen molar-refractivity contribution in [3.63, 3.8) is 0 Å².